The van der Waals surface area contributed by atoms with Crippen LogP contribution in [0.3, 0.4) is 0 Å². The van der Waals surface area contributed by atoms with Crippen molar-refractivity contribution in [3.05, 3.63) is 58.5 Å². The standard InChI is InChI=1S/C24H26N2O5S/c1-4-5-12-31-19-11-8-17(13-20(19)30-3)14-21-23(28)26(24(29)32-21)15-22(27)25-18-9-6-16(2)7-10-18/h6-11,13-14H,4-5,12,15H2,1-3H3,(H,25,27)/b21-14-. The van der Waals surface area contributed by atoms with E-state index in [4.69, 9.17) is 9.47 Å². The van der Waals surface area contributed by atoms with Gasteiger partial charge in [-0.1, -0.05) is 37.1 Å². The first kappa shape index (κ1) is 23.4. The molecule has 8 heteroatoms. The smallest absolute Gasteiger partial charge is 0.294 e. The molecule has 1 N–H and O–H groups in total. The summed E-state index contributed by atoms with van der Waals surface area (Å²) in [6.07, 6.45) is 3.58. The molecule has 3 rings (SSSR count). The van der Waals surface area contributed by atoms with E-state index in [9.17, 15) is 14.4 Å². The Kier molecular flexibility index (Phi) is 7.94. The molecule has 2 aromatic rings. The number of methoxy groups -OCH3 is 1. The van der Waals surface area contributed by atoms with Crippen LogP contribution in [0.1, 0.15) is 30.9 Å². The normalized spacial score (nSPS) is 14.7. The Morgan fingerprint density at radius 3 is 2.56 bits per heavy atom. The van der Waals surface area contributed by atoms with Crippen molar-refractivity contribution < 1.29 is 23.9 Å². The lowest BCUT2D eigenvalue weighted by Crippen LogP contribution is -2.36. The van der Waals surface area contributed by atoms with Crippen LogP contribution in [0.15, 0.2) is 47.4 Å². The first-order valence-electron chi connectivity index (χ1n) is 10.3. The van der Waals surface area contributed by atoms with E-state index in [1.807, 2.05) is 19.1 Å². The zero-order valence-corrected chi connectivity index (χ0v) is 19.2. The molecule has 168 valence electrons. The molecule has 7 nitrogen and oxygen atoms in total. The lowest BCUT2D eigenvalue weighted by atomic mass is 10.2. The summed E-state index contributed by atoms with van der Waals surface area (Å²) < 4.78 is 11.1. The minimum atomic E-state index is -0.499. The van der Waals surface area contributed by atoms with E-state index in [1.165, 1.54) is 0 Å². The van der Waals surface area contributed by atoms with Crippen LogP contribution in [0.5, 0.6) is 11.5 Å². The summed E-state index contributed by atoms with van der Waals surface area (Å²) in [6, 6.07) is 12.6. The first-order chi connectivity index (χ1) is 15.4. The maximum atomic E-state index is 12.7. The number of thioether (sulfide) groups is 1. The number of unbranched alkanes of at least 4 members (excludes halogenated alkanes) is 1. The van der Waals surface area contributed by atoms with Gasteiger partial charge in [-0.25, -0.2) is 0 Å². The Labute approximate surface area is 191 Å². The van der Waals surface area contributed by atoms with Crippen molar-refractivity contribution in [2.45, 2.75) is 26.7 Å². The van der Waals surface area contributed by atoms with Crippen LogP contribution in [0, 0.1) is 6.92 Å². The van der Waals surface area contributed by atoms with Crippen molar-refractivity contribution in [2.75, 3.05) is 25.6 Å². The number of aryl methyl sites for hydroxylation is 1. The van der Waals surface area contributed by atoms with E-state index in [0.717, 1.165) is 35.1 Å². The van der Waals surface area contributed by atoms with E-state index in [2.05, 4.69) is 12.2 Å². The molecule has 0 atom stereocenters. The number of ether oxygens (including phenoxy) is 2. The van der Waals surface area contributed by atoms with Gasteiger partial charge in [-0.3, -0.25) is 19.3 Å². The number of hydrogen-bond donors (Lipinski definition) is 1. The van der Waals surface area contributed by atoms with E-state index >= 15 is 0 Å². The summed E-state index contributed by atoms with van der Waals surface area (Å²) in [5.74, 6) is 0.236. The topological polar surface area (TPSA) is 84.9 Å². The summed E-state index contributed by atoms with van der Waals surface area (Å²) in [4.78, 5) is 38.6. The number of nitrogens with zero attached hydrogens (tertiary/aromatic N) is 1. The SMILES string of the molecule is CCCCOc1ccc(/C=C2\SC(=O)N(CC(=O)Nc3ccc(C)cc3)C2=O)cc1OC. The molecule has 0 unspecified atom stereocenters. The van der Waals surface area contributed by atoms with Crippen molar-refractivity contribution in [1.29, 1.82) is 0 Å². The van der Waals surface area contributed by atoms with Gasteiger partial charge in [0.1, 0.15) is 6.54 Å². The Hall–Kier alpha value is -3.26. The number of amides is 3. The predicted molar refractivity (Wildman–Crippen MR) is 126 cm³/mol. The minimum absolute atomic E-state index is 0.250. The second-order valence-electron chi connectivity index (χ2n) is 7.29. The van der Waals surface area contributed by atoms with E-state index in [0.29, 0.717) is 29.4 Å². The van der Waals surface area contributed by atoms with Gasteiger partial charge in [-0.2, -0.15) is 0 Å². The van der Waals surface area contributed by atoms with Crippen LogP contribution in [0.4, 0.5) is 10.5 Å². The van der Waals surface area contributed by atoms with Gasteiger partial charge >= 0.3 is 0 Å². The molecule has 0 aliphatic carbocycles. The van der Waals surface area contributed by atoms with Gasteiger partial charge in [-0.05, 0) is 61.0 Å². The number of nitrogens with one attached hydrogen (secondary N) is 1. The molecule has 0 spiro atoms. The fourth-order valence-corrected chi connectivity index (χ4v) is 3.83. The molecule has 0 bridgehead atoms. The molecule has 1 aliphatic rings. The highest BCUT2D eigenvalue weighted by molar-refractivity contribution is 8.18. The molecule has 0 aromatic heterocycles. The van der Waals surface area contributed by atoms with Gasteiger partial charge in [0.2, 0.25) is 5.91 Å². The molecule has 1 aliphatic heterocycles. The fraction of sp³-hybridized carbons (Fsp3) is 0.292. The van der Waals surface area contributed by atoms with Gasteiger partial charge in [0.05, 0.1) is 18.6 Å². The Balaban J connectivity index is 1.68. The highest BCUT2D eigenvalue weighted by atomic mass is 32.2. The summed E-state index contributed by atoms with van der Waals surface area (Å²) in [5.41, 5.74) is 2.37. The Morgan fingerprint density at radius 2 is 1.88 bits per heavy atom. The van der Waals surface area contributed by atoms with E-state index < -0.39 is 17.1 Å². The highest BCUT2D eigenvalue weighted by Crippen LogP contribution is 2.34. The minimum Gasteiger partial charge on any atom is -0.493 e. The lowest BCUT2D eigenvalue weighted by molar-refractivity contribution is -0.127. The summed E-state index contributed by atoms with van der Waals surface area (Å²) in [7, 11) is 1.55. The summed E-state index contributed by atoms with van der Waals surface area (Å²) in [5, 5.41) is 2.22. The third kappa shape index (κ3) is 5.91. The number of carbonyl (C=O) groups is 3. The maximum absolute atomic E-state index is 12.7. The van der Waals surface area contributed by atoms with Gasteiger partial charge in [0, 0.05) is 5.69 Å². The summed E-state index contributed by atoms with van der Waals surface area (Å²) >= 11 is 0.808. The second kappa shape index (κ2) is 10.9. The average Bonchev–Trinajstić information content (AvgIpc) is 3.03. The number of carbonyl (C=O) groups excluding carboxylic acids is 3. The van der Waals surface area contributed by atoms with Gasteiger partial charge in [-0.15, -0.1) is 0 Å². The molecule has 1 fully saturated rings. The van der Waals surface area contributed by atoms with Crippen LogP contribution in [-0.4, -0.2) is 42.2 Å². The molecular weight excluding hydrogens is 428 g/mol. The van der Waals surface area contributed by atoms with Crippen molar-refractivity contribution in [3.63, 3.8) is 0 Å². The predicted octanol–water partition coefficient (Wildman–Crippen LogP) is 4.86. The first-order valence-corrected chi connectivity index (χ1v) is 11.2. The van der Waals surface area contributed by atoms with E-state index in [1.54, 1.807) is 43.5 Å². The molecule has 3 amide bonds. The highest BCUT2D eigenvalue weighted by Gasteiger charge is 2.36. The quantitative estimate of drug-likeness (QED) is 0.430. The molecule has 32 heavy (non-hydrogen) atoms. The Bertz CT molecular complexity index is 1030. The third-order valence-corrected chi connectivity index (χ3v) is 5.66. The number of benzene rings is 2. The van der Waals surface area contributed by atoms with Crippen LogP contribution in [0.25, 0.3) is 6.08 Å². The molecule has 1 saturated heterocycles. The zero-order valence-electron chi connectivity index (χ0n) is 18.3. The summed E-state index contributed by atoms with van der Waals surface area (Å²) in [6.45, 7) is 4.28. The molecule has 2 aromatic carbocycles. The molecule has 1 heterocycles. The van der Waals surface area contributed by atoms with Crippen molar-refractivity contribution in [1.82, 2.24) is 4.90 Å². The largest absolute Gasteiger partial charge is 0.493 e. The molecule has 0 radical (unpaired) electrons. The van der Waals surface area contributed by atoms with E-state index in [-0.39, 0.29) is 11.4 Å². The number of imide groups is 1. The van der Waals surface area contributed by atoms with Crippen LogP contribution in [0.2, 0.25) is 0 Å². The van der Waals surface area contributed by atoms with Gasteiger partial charge in [0.15, 0.2) is 11.5 Å². The van der Waals surface area contributed by atoms with Crippen molar-refractivity contribution in [3.8, 4) is 11.5 Å². The zero-order chi connectivity index (χ0) is 23.1. The second-order valence-corrected chi connectivity index (χ2v) is 8.29. The third-order valence-electron chi connectivity index (χ3n) is 4.75. The van der Waals surface area contributed by atoms with Crippen LogP contribution >= 0.6 is 11.8 Å². The average molecular weight is 455 g/mol. The van der Waals surface area contributed by atoms with Gasteiger partial charge in [0.25, 0.3) is 11.1 Å². The fourth-order valence-electron chi connectivity index (χ4n) is 2.99. The molecular formula is C24H26N2O5S. The maximum Gasteiger partial charge on any atom is 0.294 e. The van der Waals surface area contributed by atoms with Crippen LogP contribution < -0.4 is 14.8 Å². The van der Waals surface area contributed by atoms with Crippen molar-refractivity contribution >= 4 is 40.6 Å². The monoisotopic (exact) mass is 454 g/mol. The number of rotatable bonds is 9. The van der Waals surface area contributed by atoms with Crippen molar-refractivity contribution in [2.24, 2.45) is 0 Å². The lowest BCUT2D eigenvalue weighted by Gasteiger charge is -2.12. The molecule has 0 saturated carbocycles. The number of hydrogen-bond acceptors (Lipinski definition) is 6. The Morgan fingerprint density at radius 1 is 1.12 bits per heavy atom. The van der Waals surface area contributed by atoms with Crippen LogP contribution in [-0.2, 0) is 9.59 Å². The number of anilines is 1. The van der Waals surface area contributed by atoms with Gasteiger partial charge < -0.3 is 14.8 Å².